The predicted octanol–water partition coefficient (Wildman–Crippen LogP) is 1.85. The summed E-state index contributed by atoms with van der Waals surface area (Å²) in [6, 6.07) is 11.2. The van der Waals surface area contributed by atoms with Gasteiger partial charge in [0, 0.05) is 39.1 Å². The molecule has 0 aromatic heterocycles. The summed E-state index contributed by atoms with van der Waals surface area (Å²) in [6.45, 7) is 1.23. The third-order valence-corrected chi connectivity index (χ3v) is 6.28. The predicted molar refractivity (Wildman–Crippen MR) is 128 cm³/mol. The number of halogens is 2. The van der Waals surface area contributed by atoms with E-state index in [9.17, 15) is 23.2 Å². The molecule has 1 radical (unpaired) electrons. The number of nitrogens with zero attached hydrogens (tertiary/aromatic N) is 2. The van der Waals surface area contributed by atoms with Gasteiger partial charge in [-0.2, -0.15) is 0 Å². The standard InChI is InChI=1S/C26H31F2N4O3/c1-30-26(35)23(16-19-4-9-21(28)10-5-19)31-14-15-32(22(17-31)11-12-24(29)33)25(34)13-6-18-2-7-20(27)8-3-18/h2-5,7-10,13,22-23H,6,11-12,14-17H2,1H3,(H2,29,33)(H,30,35). The average Bonchev–Trinajstić information content (AvgIpc) is 2.86. The van der Waals surface area contributed by atoms with Crippen molar-refractivity contribution in [2.75, 3.05) is 26.7 Å². The van der Waals surface area contributed by atoms with Crippen LogP contribution in [0.15, 0.2) is 48.5 Å². The molecule has 0 saturated carbocycles. The lowest BCUT2D eigenvalue weighted by atomic mass is 9.99. The number of benzene rings is 2. The van der Waals surface area contributed by atoms with E-state index < -0.39 is 11.9 Å². The Bertz CT molecular complexity index is 1010. The molecule has 3 N–H and O–H groups in total. The molecule has 0 bridgehead atoms. The minimum Gasteiger partial charge on any atom is -0.370 e. The third-order valence-electron chi connectivity index (χ3n) is 6.28. The summed E-state index contributed by atoms with van der Waals surface area (Å²) in [6.07, 6.45) is 2.77. The monoisotopic (exact) mass is 485 g/mol. The van der Waals surface area contributed by atoms with E-state index >= 15 is 0 Å². The summed E-state index contributed by atoms with van der Waals surface area (Å²) in [5.41, 5.74) is 7.00. The molecule has 0 aliphatic carbocycles. The molecule has 1 aliphatic heterocycles. The van der Waals surface area contributed by atoms with Crippen LogP contribution < -0.4 is 11.1 Å². The SMILES string of the molecule is CNC(=O)C(Cc1ccc(F)cc1)N1CCN(C(=O)[CH]Cc2ccc(F)cc2)C(CCC(N)=O)C1. The lowest BCUT2D eigenvalue weighted by molar-refractivity contribution is -0.136. The molecule has 0 spiro atoms. The highest BCUT2D eigenvalue weighted by molar-refractivity contribution is 5.86. The van der Waals surface area contributed by atoms with Gasteiger partial charge >= 0.3 is 0 Å². The van der Waals surface area contributed by atoms with Crippen LogP contribution in [0.5, 0.6) is 0 Å². The van der Waals surface area contributed by atoms with Crippen LogP contribution in [-0.2, 0) is 27.2 Å². The van der Waals surface area contributed by atoms with Crippen molar-refractivity contribution in [3.63, 3.8) is 0 Å². The number of likely N-dealkylation sites (N-methyl/N-ethyl adjacent to an activating group) is 1. The van der Waals surface area contributed by atoms with Gasteiger partial charge in [-0.15, -0.1) is 0 Å². The van der Waals surface area contributed by atoms with Gasteiger partial charge in [0.2, 0.25) is 17.7 Å². The number of primary amides is 1. The highest BCUT2D eigenvalue weighted by atomic mass is 19.1. The van der Waals surface area contributed by atoms with Crippen LogP contribution in [-0.4, -0.2) is 66.3 Å². The van der Waals surface area contributed by atoms with Crippen LogP contribution in [0.3, 0.4) is 0 Å². The fourth-order valence-electron chi connectivity index (χ4n) is 4.35. The molecule has 2 aromatic carbocycles. The molecule has 7 nitrogen and oxygen atoms in total. The Morgan fingerprint density at radius 1 is 1.03 bits per heavy atom. The molecule has 3 amide bonds. The molecule has 2 aromatic rings. The largest absolute Gasteiger partial charge is 0.370 e. The van der Waals surface area contributed by atoms with Gasteiger partial charge < -0.3 is 16.0 Å². The third kappa shape index (κ3) is 7.58. The van der Waals surface area contributed by atoms with Gasteiger partial charge in [0.25, 0.3) is 0 Å². The summed E-state index contributed by atoms with van der Waals surface area (Å²) < 4.78 is 26.5. The van der Waals surface area contributed by atoms with Crippen LogP contribution >= 0.6 is 0 Å². The van der Waals surface area contributed by atoms with Crippen molar-refractivity contribution in [1.82, 2.24) is 15.1 Å². The van der Waals surface area contributed by atoms with E-state index in [0.717, 1.165) is 11.1 Å². The molecule has 3 rings (SSSR count). The van der Waals surface area contributed by atoms with Gasteiger partial charge in [0.1, 0.15) is 11.6 Å². The zero-order valence-electron chi connectivity index (χ0n) is 19.8. The van der Waals surface area contributed by atoms with E-state index in [-0.39, 0.29) is 35.9 Å². The van der Waals surface area contributed by atoms with Gasteiger partial charge in [0.05, 0.1) is 12.5 Å². The topological polar surface area (TPSA) is 95.7 Å². The molecule has 1 fully saturated rings. The molecule has 35 heavy (non-hydrogen) atoms. The number of carbonyl (C=O) groups is 3. The van der Waals surface area contributed by atoms with Crippen LogP contribution in [0.4, 0.5) is 8.78 Å². The molecule has 9 heteroatoms. The Morgan fingerprint density at radius 3 is 2.20 bits per heavy atom. The highest BCUT2D eigenvalue weighted by Crippen LogP contribution is 2.21. The minimum atomic E-state index is -0.512. The Morgan fingerprint density at radius 2 is 1.63 bits per heavy atom. The first kappa shape index (κ1) is 26.3. The maximum absolute atomic E-state index is 13.3. The Hall–Kier alpha value is -3.33. The van der Waals surface area contributed by atoms with Crippen molar-refractivity contribution in [3.8, 4) is 0 Å². The second-order valence-corrected chi connectivity index (χ2v) is 8.68. The van der Waals surface area contributed by atoms with E-state index in [1.165, 1.54) is 24.3 Å². The fraction of sp³-hybridized carbons (Fsp3) is 0.385. The number of hydrogen-bond acceptors (Lipinski definition) is 4. The maximum atomic E-state index is 13.3. The number of nitrogens with one attached hydrogen (secondary N) is 1. The number of amides is 3. The van der Waals surface area contributed by atoms with E-state index in [0.29, 0.717) is 38.9 Å². The van der Waals surface area contributed by atoms with Gasteiger partial charge in [-0.3, -0.25) is 19.3 Å². The number of piperazine rings is 1. The molecular formula is C26H31F2N4O3. The second-order valence-electron chi connectivity index (χ2n) is 8.68. The zero-order valence-corrected chi connectivity index (χ0v) is 19.8. The fourth-order valence-corrected chi connectivity index (χ4v) is 4.35. The summed E-state index contributed by atoms with van der Waals surface area (Å²) >= 11 is 0. The highest BCUT2D eigenvalue weighted by Gasteiger charge is 2.35. The van der Waals surface area contributed by atoms with E-state index in [4.69, 9.17) is 5.73 Å². The second kappa shape index (κ2) is 12.4. The van der Waals surface area contributed by atoms with Crippen LogP contribution in [0.1, 0.15) is 24.0 Å². The average molecular weight is 486 g/mol. The van der Waals surface area contributed by atoms with Crippen molar-refractivity contribution in [2.24, 2.45) is 5.73 Å². The lowest BCUT2D eigenvalue weighted by Gasteiger charge is -2.44. The first-order chi connectivity index (χ1) is 16.8. The Labute approximate surface area is 204 Å². The van der Waals surface area contributed by atoms with E-state index in [2.05, 4.69) is 5.32 Å². The van der Waals surface area contributed by atoms with Crippen molar-refractivity contribution in [2.45, 2.75) is 37.8 Å². The molecule has 1 aliphatic rings. The van der Waals surface area contributed by atoms with Crippen molar-refractivity contribution >= 4 is 17.7 Å². The van der Waals surface area contributed by atoms with Crippen LogP contribution in [0.25, 0.3) is 0 Å². The smallest absolute Gasteiger partial charge is 0.237 e. The number of nitrogens with two attached hydrogens (primary N) is 1. The number of carbonyl (C=O) groups excluding carboxylic acids is 3. The molecule has 187 valence electrons. The number of hydrogen-bond donors (Lipinski definition) is 2. The van der Waals surface area contributed by atoms with Crippen molar-refractivity contribution in [3.05, 3.63) is 77.7 Å². The summed E-state index contributed by atoms with van der Waals surface area (Å²) in [5, 5.41) is 2.69. The normalized spacial score (nSPS) is 17.1. The van der Waals surface area contributed by atoms with Gasteiger partial charge in [-0.05, 0) is 54.7 Å². The lowest BCUT2D eigenvalue weighted by Crippen LogP contribution is -2.60. The van der Waals surface area contributed by atoms with Crippen molar-refractivity contribution < 1.29 is 23.2 Å². The van der Waals surface area contributed by atoms with Gasteiger partial charge in [0.15, 0.2) is 0 Å². The minimum absolute atomic E-state index is 0.114. The van der Waals surface area contributed by atoms with Gasteiger partial charge in [-0.25, -0.2) is 8.78 Å². The summed E-state index contributed by atoms with van der Waals surface area (Å²) in [5.74, 6) is -1.50. The summed E-state index contributed by atoms with van der Waals surface area (Å²) in [7, 11) is 1.56. The van der Waals surface area contributed by atoms with Crippen LogP contribution in [0, 0.1) is 18.1 Å². The van der Waals surface area contributed by atoms with Crippen LogP contribution in [0.2, 0.25) is 0 Å². The summed E-state index contributed by atoms with van der Waals surface area (Å²) in [4.78, 5) is 40.9. The zero-order chi connectivity index (χ0) is 25.4. The Kier molecular flexibility index (Phi) is 9.31. The first-order valence-corrected chi connectivity index (χ1v) is 11.6. The molecule has 2 unspecified atom stereocenters. The van der Waals surface area contributed by atoms with E-state index in [1.54, 1.807) is 42.6 Å². The molecule has 2 atom stereocenters. The maximum Gasteiger partial charge on any atom is 0.237 e. The first-order valence-electron chi connectivity index (χ1n) is 11.6. The Balaban J connectivity index is 1.71. The molecule has 1 saturated heterocycles. The number of rotatable bonds is 10. The van der Waals surface area contributed by atoms with Crippen molar-refractivity contribution in [1.29, 1.82) is 0 Å². The van der Waals surface area contributed by atoms with E-state index in [1.807, 2.05) is 4.90 Å². The van der Waals surface area contributed by atoms with Gasteiger partial charge in [-0.1, -0.05) is 24.3 Å². The molecular weight excluding hydrogens is 454 g/mol. The molecule has 1 heterocycles. The quantitative estimate of drug-likeness (QED) is 0.537.